The molecule has 8 heteroatoms. The number of amides is 1. The lowest BCUT2D eigenvalue weighted by Gasteiger charge is -2.34. The number of benzene rings is 2. The highest BCUT2D eigenvalue weighted by atomic mass is 35.5. The van der Waals surface area contributed by atoms with Crippen molar-refractivity contribution >= 4 is 28.9 Å². The number of aliphatic hydroxyl groups excluding tert-OH is 1. The fourth-order valence-electron chi connectivity index (χ4n) is 4.52. The van der Waals surface area contributed by atoms with E-state index in [4.69, 9.17) is 11.6 Å². The highest BCUT2D eigenvalue weighted by molar-refractivity contribution is 6.30. The van der Waals surface area contributed by atoms with E-state index in [1.165, 1.54) is 12.1 Å². The number of aryl methyl sites for hydroxylation is 1. The number of rotatable bonds is 3. The van der Waals surface area contributed by atoms with E-state index in [2.05, 4.69) is 5.32 Å². The third kappa shape index (κ3) is 4.83. The molecular formula is C23H24ClF3N2O2. The molecule has 1 saturated heterocycles. The number of hydrogen-bond acceptors (Lipinski definition) is 3. The lowest BCUT2D eigenvalue weighted by molar-refractivity contribution is -0.137. The highest BCUT2D eigenvalue weighted by Gasteiger charge is 2.36. The van der Waals surface area contributed by atoms with Gasteiger partial charge in [0, 0.05) is 41.8 Å². The summed E-state index contributed by atoms with van der Waals surface area (Å²) in [5, 5.41) is 13.0. The maximum Gasteiger partial charge on any atom is 0.418 e. The summed E-state index contributed by atoms with van der Waals surface area (Å²) in [4.78, 5) is 14.5. The Morgan fingerprint density at radius 2 is 1.87 bits per heavy atom. The second-order valence-electron chi connectivity index (χ2n) is 8.25. The maximum absolute atomic E-state index is 13.4. The Labute approximate surface area is 184 Å². The molecule has 1 fully saturated rings. The van der Waals surface area contributed by atoms with Gasteiger partial charge in [0.05, 0.1) is 11.7 Å². The third-order valence-electron chi connectivity index (χ3n) is 6.19. The molecule has 0 spiro atoms. The zero-order chi connectivity index (χ0) is 22.2. The van der Waals surface area contributed by atoms with Crippen molar-refractivity contribution in [1.82, 2.24) is 0 Å². The fraction of sp³-hybridized carbons (Fsp3) is 0.435. The number of halogens is 4. The largest absolute Gasteiger partial charge is 0.418 e. The van der Waals surface area contributed by atoms with Gasteiger partial charge in [-0.05, 0) is 61.1 Å². The summed E-state index contributed by atoms with van der Waals surface area (Å²) in [6.07, 6.45) is -1.97. The molecule has 2 aromatic rings. The van der Waals surface area contributed by atoms with Crippen LogP contribution in [0.1, 0.15) is 36.0 Å². The predicted octanol–water partition coefficient (Wildman–Crippen LogP) is 5.06. The topological polar surface area (TPSA) is 52.6 Å². The van der Waals surface area contributed by atoms with Gasteiger partial charge in [-0.2, -0.15) is 13.2 Å². The van der Waals surface area contributed by atoms with Crippen LogP contribution in [-0.2, 0) is 23.8 Å². The van der Waals surface area contributed by atoms with E-state index in [9.17, 15) is 23.1 Å². The predicted molar refractivity (Wildman–Crippen MR) is 114 cm³/mol. The summed E-state index contributed by atoms with van der Waals surface area (Å²) in [6, 6.07) is 9.55. The number of aliphatic hydroxyl groups is 1. The van der Waals surface area contributed by atoms with Crippen LogP contribution in [0.3, 0.4) is 0 Å². The van der Waals surface area contributed by atoms with Crippen LogP contribution in [0.5, 0.6) is 0 Å². The summed E-state index contributed by atoms with van der Waals surface area (Å²) < 4.78 is 40.3. The summed E-state index contributed by atoms with van der Waals surface area (Å²) in [5.41, 5.74) is 2.18. The van der Waals surface area contributed by atoms with Crippen molar-refractivity contribution in [1.29, 1.82) is 0 Å². The Bertz CT molecular complexity index is 972. The number of anilines is 2. The molecule has 0 aromatic heterocycles. The van der Waals surface area contributed by atoms with Crippen LogP contribution in [-0.4, -0.2) is 30.2 Å². The van der Waals surface area contributed by atoms with Crippen LogP contribution >= 0.6 is 11.6 Å². The van der Waals surface area contributed by atoms with Gasteiger partial charge in [-0.25, -0.2) is 0 Å². The second kappa shape index (κ2) is 8.71. The summed E-state index contributed by atoms with van der Waals surface area (Å²) in [5.74, 6) is -0.400. The van der Waals surface area contributed by atoms with E-state index in [0.29, 0.717) is 38.8 Å². The number of nitrogens with one attached hydrogen (secondary N) is 1. The number of fused-ring (bicyclic) bond motifs is 1. The number of piperidine rings is 1. The molecular weight excluding hydrogens is 429 g/mol. The Kier molecular flexibility index (Phi) is 6.17. The van der Waals surface area contributed by atoms with Crippen molar-refractivity contribution < 1.29 is 23.1 Å². The molecule has 2 N–H and O–H groups in total. The van der Waals surface area contributed by atoms with Gasteiger partial charge in [0.2, 0.25) is 5.91 Å². The molecule has 31 heavy (non-hydrogen) atoms. The van der Waals surface area contributed by atoms with Crippen LogP contribution in [0.2, 0.25) is 5.02 Å². The number of hydrogen-bond donors (Lipinski definition) is 2. The smallest absolute Gasteiger partial charge is 0.393 e. The van der Waals surface area contributed by atoms with Crippen molar-refractivity contribution in [3.05, 3.63) is 58.1 Å². The van der Waals surface area contributed by atoms with Crippen molar-refractivity contribution in [3.63, 3.8) is 0 Å². The number of nitrogens with zero attached hydrogens (tertiary/aromatic N) is 1. The first-order chi connectivity index (χ1) is 14.7. The summed E-state index contributed by atoms with van der Waals surface area (Å²) in [7, 11) is 0. The van der Waals surface area contributed by atoms with Gasteiger partial charge >= 0.3 is 6.18 Å². The first-order valence-corrected chi connectivity index (χ1v) is 10.8. The second-order valence-corrected chi connectivity index (χ2v) is 8.69. The normalized spacial score (nSPS) is 19.8. The molecule has 4 nitrogen and oxygen atoms in total. The van der Waals surface area contributed by atoms with Gasteiger partial charge in [-0.15, -0.1) is 0 Å². The van der Waals surface area contributed by atoms with Gasteiger partial charge in [-0.3, -0.25) is 4.79 Å². The lowest BCUT2D eigenvalue weighted by atomic mass is 9.88. The Hall–Kier alpha value is -2.25. The van der Waals surface area contributed by atoms with Gasteiger partial charge in [0.15, 0.2) is 0 Å². The van der Waals surface area contributed by atoms with E-state index in [1.54, 1.807) is 4.90 Å². The first-order valence-electron chi connectivity index (χ1n) is 10.4. The molecule has 1 aliphatic heterocycles. The van der Waals surface area contributed by atoms with E-state index in [0.717, 1.165) is 29.3 Å². The monoisotopic (exact) mass is 452 g/mol. The summed E-state index contributed by atoms with van der Waals surface area (Å²) in [6.45, 7) is 0.711. The molecule has 1 heterocycles. The van der Waals surface area contributed by atoms with Gasteiger partial charge < -0.3 is 15.3 Å². The molecule has 0 radical (unpaired) electrons. The molecule has 2 aliphatic rings. The average molecular weight is 453 g/mol. The molecule has 1 atom stereocenters. The van der Waals surface area contributed by atoms with Gasteiger partial charge in [0.25, 0.3) is 0 Å². The van der Waals surface area contributed by atoms with Crippen LogP contribution in [0.25, 0.3) is 0 Å². The Balaban J connectivity index is 1.43. The molecule has 0 saturated carbocycles. The molecule has 166 valence electrons. The van der Waals surface area contributed by atoms with E-state index >= 15 is 0 Å². The zero-order valence-electron chi connectivity index (χ0n) is 16.9. The Morgan fingerprint density at radius 1 is 1.13 bits per heavy atom. The highest BCUT2D eigenvalue weighted by Crippen LogP contribution is 2.39. The number of carbonyl (C=O) groups is 1. The first kappa shape index (κ1) is 22.0. The average Bonchev–Trinajstić information content (AvgIpc) is 2.73. The molecule has 0 bridgehead atoms. The zero-order valence-corrected chi connectivity index (χ0v) is 17.6. The lowest BCUT2D eigenvalue weighted by Crippen LogP contribution is -2.39. The van der Waals surface area contributed by atoms with E-state index < -0.39 is 17.8 Å². The van der Waals surface area contributed by atoms with Gasteiger partial charge in [-0.1, -0.05) is 23.7 Å². The van der Waals surface area contributed by atoms with Crippen LogP contribution in [0.15, 0.2) is 36.4 Å². The molecule has 1 aliphatic carbocycles. The van der Waals surface area contributed by atoms with Crippen LogP contribution in [0.4, 0.5) is 24.5 Å². The number of alkyl halides is 3. The van der Waals surface area contributed by atoms with Gasteiger partial charge in [0.1, 0.15) is 0 Å². The quantitative estimate of drug-likeness (QED) is 0.684. The molecule has 1 amide bonds. The SMILES string of the molecule is O=C(Nc1cccc2c1CC(O)CC2)C1CCN(c2ccc(Cl)cc2C(F)(F)F)CC1. The summed E-state index contributed by atoms with van der Waals surface area (Å²) >= 11 is 5.78. The third-order valence-corrected chi connectivity index (χ3v) is 6.42. The molecule has 1 unspecified atom stereocenters. The minimum atomic E-state index is -4.49. The minimum absolute atomic E-state index is 0.0432. The van der Waals surface area contributed by atoms with Crippen molar-refractivity contribution in [2.45, 2.75) is 44.4 Å². The van der Waals surface area contributed by atoms with E-state index in [1.807, 2.05) is 18.2 Å². The maximum atomic E-state index is 13.4. The molecule has 4 rings (SSSR count). The van der Waals surface area contributed by atoms with Crippen molar-refractivity contribution in [2.24, 2.45) is 5.92 Å². The van der Waals surface area contributed by atoms with Crippen LogP contribution in [0, 0.1) is 5.92 Å². The van der Waals surface area contributed by atoms with Crippen LogP contribution < -0.4 is 10.2 Å². The van der Waals surface area contributed by atoms with E-state index in [-0.39, 0.29) is 22.5 Å². The minimum Gasteiger partial charge on any atom is -0.393 e. The van der Waals surface area contributed by atoms with Crippen molar-refractivity contribution in [2.75, 3.05) is 23.3 Å². The van der Waals surface area contributed by atoms with Crippen molar-refractivity contribution in [3.8, 4) is 0 Å². The Morgan fingerprint density at radius 3 is 2.58 bits per heavy atom. The standard InChI is InChI=1S/C23H24ClF3N2O2/c24-16-5-7-21(19(12-16)23(25,26)27)29-10-8-15(9-11-29)22(31)28-20-3-1-2-14-4-6-17(30)13-18(14)20/h1-3,5,7,12,15,17,30H,4,6,8-11,13H2,(H,28,31). The fourth-order valence-corrected chi connectivity index (χ4v) is 4.69. The molecule has 2 aromatic carbocycles. The number of carbonyl (C=O) groups excluding carboxylic acids is 1.